The fourth-order valence-corrected chi connectivity index (χ4v) is 4.08. The molecule has 3 heteroatoms. The second-order valence-corrected chi connectivity index (χ2v) is 7.72. The lowest BCUT2D eigenvalue weighted by molar-refractivity contribution is 0.726. The average Bonchev–Trinajstić information content (AvgIpc) is 3.16. The van der Waals surface area contributed by atoms with Crippen molar-refractivity contribution in [3.8, 4) is 17.2 Å². The van der Waals surface area contributed by atoms with E-state index in [4.69, 9.17) is 0 Å². The minimum atomic E-state index is 0.499. The van der Waals surface area contributed by atoms with Gasteiger partial charge in [0.05, 0.1) is 23.3 Å². The molecule has 4 aromatic rings. The minimum Gasteiger partial charge on any atom is -0.240 e. The number of nitriles is 1. The van der Waals surface area contributed by atoms with Gasteiger partial charge < -0.3 is 0 Å². The Morgan fingerprint density at radius 1 is 1.07 bits per heavy atom. The lowest BCUT2D eigenvalue weighted by Gasteiger charge is -2.15. The Kier molecular flexibility index (Phi) is 5.18. The molecule has 0 radical (unpaired) electrons. The molecule has 0 aliphatic heterocycles. The average molecular weight is 380 g/mol. The molecule has 0 aliphatic rings. The summed E-state index contributed by atoms with van der Waals surface area (Å²) in [5.74, 6) is 0.499. The maximum Gasteiger partial charge on any atom is 0.0998 e. The first-order valence-electron chi connectivity index (χ1n) is 10.2. The van der Waals surface area contributed by atoms with Crippen LogP contribution in [0.1, 0.15) is 54.0 Å². The van der Waals surface area contributed by atoms with Gasteiger partial charge in [0.15, 0.2) is 0 Å². The Morgan fingerprint density at radius 2 is 1.83 bits per heavy atom. The van der Waals surface area contributed by atoms with E-state index < -0.39 is 0 Å². The Labute approximate surface area is 172 Å². The first-order valence-corrected chi connectivity index (χ1v) is 10.2. The van der Waals surface area contributed by atoms with Gasteiger partial charge in [-0.05, 0) is 59.2 Å². The zero-order chi connectivity index (χ0) is 20.4. The van der Waals surface area contributed by atoms with Crippen LogP contribution in [0.25, 0.3) is 16.6 Å². The van der Waals surface area contributed by atoms with Gasteiger partial charge in [-0.1, -0.05) is 56.3 Å². The maximum atomic E-state index is 9.36. The largest absolute Gasteiger partial charge is 0.240 e. The van der Waals surface area contributed by atoms with E-state index in [1.54, 1.807) is 0 Å². The lowest BCUT2D eigenvalue weighted by Crippen LogP contribution is -2.02. The summed E-state index contributed by atoms with van der Waals surface area (Å²) in [6, 6.07) is 20.7. The van der Waals surface area contributed by atoms with Crippen molar-refractivity contribution in [2.75, 3.05) is 0 Å². The molecule has 4 rings (SSSR count). The van der Waals surface area contributed by atoms with Crippen LogP contribution in [0.5, 0.6) is 0 Å². The Hall–Kier alpha value is -3.38. The molecule has 0 fully saturated rings. The standard InChI is InChI=1S/C26H25N3/c1-4-18(2)25-19(3)13-14-29-26(25)23(17-28-29)15-20-9-11-21(12-10-20)24-8-6-5-7-22(24)16-27/h5-14,17-18H,4,15H2,1-3H3. The number of rotatable bonds is 5. The number of hydrogen-bond donors (Lipinski definition) is 0. The fourth-order valence-electron chi connectivity index (χ4n) is 4.08. The number of hydrogen-bond acceptors (Lipinski definition) is 2. The normalized spacial score (nSPS) is 12.1. The molecule has 0 saturated heterocycles. The summed E-state index contributed by atoms with van der Waals surface area (Å²) in [6.07, 6.45) is 6.01. The lowest BCUT2D eigenvalue weighted by atomic mass is 9.91. The highest BCUT2D eigenvalue weighted by atomic mass is 15.2. The smallest absolute Gasteiger partial charge is 0.0998 e. The molecular formula is C26H25N3. The summed E-state index contributed by atoms with van der Waals surface area (Å²) in [4.78, 5) is 0. The summed E-state index contributed by atoms with van der Waals surface area (Å²) in [5, 5.41) is 14.0. The zero-order valence-electron chi connectivity index (χ0n) is 17.2. The van der Waals surface area contributed by atoms with E-state index >= 15 is 0 Å². The van der Waals surface area contributed by atoms with Gasteiger partial charge in [0.2, 0.25) is 0 Å². The third kappa shape index (κ3) is 3.54. The van der Waals surface area contributed by atoms with Crippen molar-refractivity contribution >= 4 is 5.52 Å². The first kappa shape index (κ1) is 19.0. The molecule has 2 aromatic heterocycles. The Balaban J connectivity index is 1.69. The number of aryl methyl sites for hydroxylation is 1. The van der Waals surface area contributed by atoms with Gasteiger partial charge in [-0.2, -0.15) is 10.4 Å². The summed E-state index contributed by atoms with van der Waals surface area (Å²) in [7, 11) is 0. The SMILES string of the molecule is CCC(C)c1c(C)ccn2ncc(Cc3ccc(-c4ccccc4C#N)cc3)c12. The third-order valence-corrected chi connectivity index (χ3v) is 5.83. The molecule has 0 spiro atoms. The van der Waals surface area contributed by atoms with E-state index in [0.717, 1.165) is 24.0 Å². The van der Waals surface area contributed by atoms with Crippen molar-refractivity contribution in [2.45, 2.75) is 39.5 Å². The molecule has 0 amide bonds. The van der Waals surface area contributed by atoms with Crippen molar-refractivity contribution < 1.29 is 0 Å². The van der Waals surface area contributed by atoms with Crippen LogP contribution < -0.4 is 0 Å². The van der Waals surface area contributed by atoms with Crippen LogP contribution in [0, 0.1) is 18.3 Å². The molecule has 1 atom stereocenters. The second kappa shape index (κ2) is 7.93. The highest BCUT2D eigenvalue weighted by Gasteiger charge is 2.16. The van der Waals surface area contributed by atoms with E-state index in [0.29, 0.717) is 11.5 Å². The second-order valence-electron chi connectivity index (χ2n) is 7.72. The predicted octanol–water partition coefficient (Wildman–Crippen LogP) is 6.29. The fraction of sp³-hybridized carbons (Fsp3) is 0.231. The van der Waals surface area contributed by atoms with Gasteiger partial charge in [-0.3, -0.25) is 0 Å². The first-order chi connectivity index (χ1) is 14.1. The van der Waals surface area contributed by atoms with Gasteiger partial charge in [-0.25, -0.2) is 4.52 Å². The summed E-state index contributed by atoms with van der Waals surface area (Å²) in [5.41, 5.74) is 9.24. The molecule has 2 heterocycles. The summed E-state index contributed by atoms with van der Waals surface area (Å²) in [6.45, 7) is 6.72. The van der Waals surface area contributed by atoms with Crippen LogP contribution in [0.2, 0.25) is 0 Å². The van der Waals surface area contributed by atoms with Gasteiger partial charge >= 0.3 is 0 Å². The predicted molar refractivity (Wildman–Crippen MR) is 118 cm³/mol. The van der Waals surface area contributed by atoms with E-state index in [2.05, 4.69) is 68.5 Å². The summed E-state index contributed by atoms with van der Waals surface area (Å²) >= 11 is 0. The van der Waals surface area contributed by atoms with Crippen LogP contribution >= 0.6 is 0 Å². The van der Waals surface area contributed by atoms with Crippen molar-refractivity contribution in [3.05, 3.63) is 94.8 Å². The molecule has 3 nitrogen and oxygen atoms in total. The van der Waals surface area contributed by atoms with Crippen LogP contribution in [-0.2, 0) is 6.42 Å². The molecule has 0 N–H and O–H groups in total. The van der Waals surface area contributed by atoms with Crippen molar-refractivity contribution in [3.63, 3.8) is 0 Å². The molecule has 144 valence electrons. The zero-order valence-corrected chi connectivity index (χ0v) is 17.2. The van der Waals surface area contributed by atoms with Gasteiger partial charge in [0.25, 0.3) is 0 Å². The van der Waals surface area contributed by atoms with Crippen LogP contribution in [-0.4, -0.2) is 9.61 Å². The van der Waals surface area contributed by atoms with E-state index in [1.165, 1.54) is 27.8 Å². The quantitative estimate of drug-likeness (QED) is 0.409. The van der Waals surface area contributed by atoms with Crippen molar-refractivity contribution in [1.29, 1.82) is 5.26 Å². The van der Waals surface area contributed by atoms with Gasteiger partial charge in [0.1, 0.15) is 0 Å². The van der Waals surface area contributed by atoms with Crippen molar-refractivity contribution in [1.82, 2.24) is 9.61 Å². The number of aromatic nitrogens is 2. The Bertz CT molecular complexity index is 1190. The molecule has 2 aromatic carbocycles. The molecule has 0 saturated carbocycles. The van der Waals surface area contributed by atoms with Crippen LogP contribution in [0.3, 0.4) is 0 Å². The molecule has 1 unspecified atom stereocenters. The number of nitrogens with zero attached hydrogens (tertiary/aromatic N) is 3. The third-order valence-electron chi connectivity index (χ3n) is 5.83. The monoisotopic (exact) mass is 379 g/mol. The Morgan fingerprint density at radius 3 is 2.55 bits per heavy atom. The maximum absolute atomic E-state index is 9.36. The molecule has 0 bridgehead atoms. The van der Waals surface area contributed by atoms with Crippen molar-refractivity contribution in [2.24, 2.45) is 0 Å². The van der Waals surface area contributed by atoms with Gasteiger partial charge in [-0.15, -0.1) is 0 Å². The number of benzene rings is 2. The minimum absolute atomic E-state index is 0.499. The van der Waals surface area contributed by atoms with Gasteiger partial charge in [0, 0.05) is 18.2 Å². The number of pyridine rings is 1. The molecule has 0 aliphatic carbocycles. The topological polar surface area (TPSA) is 41.1 Å². The highest BCUT2D eigenvalue weighted by Crippen LogP contribution is 2.30. The van der Waals surface area contributed by atoms with E-state index in [9.17, 15) is 5.26 Å². The van der Waals surface area contributed by atoms with Crippen LogP contribution in [0.4, 0.5) is 0 Å². The van der Waals surface area contributed by atoms with E-state index in [1.807, 2.05) is 35.0 Å². The van der Waals surface area contributed by atoms with E-state index in [-0.39, 0.29) is 0 Å². The van der Waals surface area contributed by atoms with Crippen LogP contribution in [0.15, 0.2) is 67.0 Å². The molecule has 29 heavy (non-hydrogen) atoms. The summed E-state index contributed by atoms with van der Waals surface area (Å²) < 4.78 is 2.02. The highest BCUT2D eigenvalue weighted by molar-refractivity contribution is 5.71. The molecular weight excluding hydrogens is 354 g/mol. The number of fused-ring (bicyclic) bond motifs is 1.